The fourth-order valence-electron chi connectivity index (χ4n) is 4.25. The first kappa shape index (κ1) is 16.3. The van der Waals surface area contributed by atoms with E-state index in [-0.39, 0.29) is 0 Å². The molecular formula is C18H36N2. The largest absolute Gasteiger partial charge is 0.326 e. The highest BCUT2D eigenvalue weighted by atomic mass is 15.2. The second-order valence-corrected chi connectivity index (χ2v) is 8.37. The van der Waals surface area contributed by atoms with E-state index >= 15 is 0 Å². The van der Waals surface area contributed by atoms with Crippen molar-refractivity contribution in [3.05, 3.63) is 0 Å². The molecule has 0 bridgehead atoms. The molecule has 1 aliphatic carbocycles. The Kier molecular flexibility index (Phi) is 5.18. The molecule has 1 heterocycles. The van der Waals surface area contributed by atoms with E-state index in [2.05, 4.69) is 39.5 Å². The van der Waals surface area contributed by atoms with E-state index < -0.39 is 0 Å². The molecule has 4 atom stereocenters. The van der Waals surface area contributed by atoms with Crippen LogP contribution in [-0.2, 0) is 0 Å². The van der Waals surface area contributed by atoms with Crippen molar-refractivity contribution in [1.82, 2.24) is 4.90 Å². The standard InChI is InChI=1S/C18H36N2/c1-6-18(4,5)15-7-8-16(19)17(11-15)20-10-9-14(12-20)13(2)3/h13-17H,6-12,19H2,1-5H3. The second-order valence-electron chi connectivity index (χ2n) is 8.37. The minimum Gasteiger partial charge on any atom is -0.326 e. The number of rotatable bonds is 4. The maximum Gasteiger partial charge on any atom is 0.0250 e. The smallest absolute Gasteiger partial charge is 0.0250 e. The lowest BCUT2D eigenvalue weighted by molar-refractivity contribution is 0.0692. The van der Waals surface area contributed by atoms with Crippen LogP contribution in [0.4, 0.5) is 0 Å². The van der Waals surface area contributed by atoms with E-state index in [0.717, 1.165) is 17.8 Å². The maximum absolute atomic E-state index is 6.49. The molecule has 4 unspecified atom stereocenters. The minimum absolute atomic E-state index is 0.407. The molecule has 2 rings (SSSR count). The minimum atomic E-state index is 0.407. The molecule has 1 aliphatic heterocycles. The Labute approximate surface area is 126 Å². The van der Waals surface area contributed by atoms with Gasteiger partial charge in [-0.15, -0.1) is 0 Å². The molecule has 2 nitrogen and oxygen atoms in total. The average molecular weight is 280 g/mol. The zero-order chi connectivity index (χ0) is 14.9. The summed E-state index contributed by atoms with van der Waals surface area (Å²) >= 11 is 0. The lowest BCUT2D eigenvalue weighted by Crippen LogP contribution is -2.52. The molecular weight excluding hydrogens is 244 g/mol. The summed E-state index contributed by atoms with van der Waals surface area (Å²) in [5.41, 5.74) is 6.97. The first-order chi connectivity index (χ1) is 9.35. The van der Waals surface area contributed by atoms with Gasteiger partial charge in [-0.3, -0.25) is 4.90 Å². The normalized spacial score (nSPS) is 36.8. The van der Waals surface area contributed by atoms with E-state index in [1.54, 1.807) is 0 Å². The fraction of sp³-hybridized carbons (Fsp3) is 1.00. The van der Waals surface area contributed by atoms with Gasteiger partial charge < -0.3 is 5.73 Å². The lowest BCUT2D eigenvalue weighted by atomic mass is 9.67. The third-order valence-corrected chi connectivity index (χ3v) is 6.55. The lowest BCUT2D eigenvalue weighted by Gasteiger charge is -2.45. The van der Waals surface area contributed by atoms with Crippen molar-refractivity contribution in [2.45, 2.75) is 78.8 Å². The van der Waals surface area contributed by atoms with Crippen LogP contribution in [0.1, 0.15) is 66.7 Å². The summed E-state index contributed by atoms with van der Waals surface area (Å²) in [5, 5.41) is 0. The monoisotopic (exact) mass is 280 g/mol. The first-order valence-corrected chi connectivity index (χ1v) is 8.84. The molecule has 2 N–H and O–H groups in total. The van der Waals surface area contributed by atoms with E-state index in [1.807, 2.05) is 0 Å². The highest BCUT2D eigenvalue weighted by molar-refractivity contribution is 4.95. The van der Waals surface area contributed by atoms with Crippen LogP contribution in [0.5, 0.6) is 0 Å². The average Bonchev–Trinajstić information content (AvgIpc) is 2.88. The maximum atomic E-state index is 6.49. The van der Waals surface area contributed by atoms with E-state index in [0.29, 0.717) is 17.5 Å². The number of nitrogens with two attached hydrogens (primary N) is 1. The Hall–Kier alpha value is -0.0800. The second kappa shape index (κ2) is 6.36. The Morgan fingerprint density at radius 2 is 1.90 bits per heavy atom. The molecule has 2 aliphatic rings. The molecule has 0 aromatic rings. The fourth-order valence-corrected chi connectivity index (χ4v) is 4.25. The molecule has 2 heteroatoms. The quantitative estimate of drug-likeness (QED) is 0.846. The van der Waals surface area contributed by atoms with Crippen molar-refractivity contribution in [1.29, 1.82) is 0 Å². The highest BCUT2D eigenvalue weighted by Crippen LogP contribution is 2.42. The van der Waals surface area contributed by atoms with Crippen molar-refractivity contribution in [2.24, 2.45) is 28.9 Å². The van der Waals surface area contributed by atoms with Crippen LogP contribution in [0, 0.1) is 23.2 Å². The molecule has 0 amide bonds. The van der Waals surface area contributed by atoms with Gasteiger partial charge in [-0.1, -0.05) is 41.0 Å². The van der Waals surface area contributed by atoms with Crippen LogP contribution < -0.4 is 5.73 Å². The van der Waals surface area contributed by atoms with Crippen LogP contribution in [0.2, 0.25) is 0 Å². The van der Waals surface area contributed by atoms with Crippen LogP contribution in [0.25, 0.3) is 0 Å². The molecule has 20 heavy (non-hydrogen) atoms. The third-order valence-electron chi connectivity index (χ3n) is 6.55. The van der Waals surface area contributed by atoms with Crippen LogP contribution in [0.15, 0.2) is 0 Å². The molecule has 118 valence electrons. The predicted molar refractivity (Wildman–Crippen MR) is 87.7 cm³/mol. The van der Waals surface area contributed by atoms with Gasteiger partial charge in [0.2, 0.25) is 0 Å². The van der Waals surface area contributed by atoms with E-state index in [9.17, 15) is 0 Å². The van der Waals surface area contributed by atoms with Gasteiger partial charge in [0, 0.05) is 18.6 Å². The third kappa shape index (κ3) is 3.39. The van der Waals surface area contributed by atoms with Crippen LogP contribution >= 0.6 is 0 Å². The molecule has 0 aromatic heterocycles. The van der Waals surface area contributed by atoms with Crippen molar-refractivity contribution < 1.29 is 0 Å². The number of hydrogen-bond acceptors (Lipinski definition) is 2. The topological polar surface area (TPSA) is 29.3 Å². The molecule has 0 radical (unpaired) electrons. The molecule has 1 saturated heterocycles. The van der Waals surface area contributed by atoms with Gasteiger partial charge in [-0.05, 0) is 55.4 Å². The van der Waals surface area contributed by atoms with Crippen molar-refractivity contribution >= 4 is 0 Å². The molecule has 1 saturated carbocycles. The van der Waals surface area contributed by atoms with E-state index in [1.165, 1.54) is 45.2 Å². The first-order valence-electron chi connectivity index (χ1n) is 8.84. The summed E-state index contributed by atoms with van der Waals surface area (Å²) < 4.78 is 0. The summed E-state index contributed by atoms with van der Waals surface area (Å²) in [4.78, 5) is 2.73. The molecule has 0 spiro atoms. The Morgan fingerprint density at radius 1 is 1.20 bits per heavy atom. The van der Waals surface area contributed by atoms with Gasteiger partial charge in [0.05, 0.1) is 0 Å². The van der Waals surface area contributed by atoms with Gasteiger partial charge in [-0.25, -0.2) is 0 Å². The van der Waals surface area contributed by atoms with Crippen molar-refractivity contribution in [3.8, 4) is 0 Å². The van der Waals surface area contributed by atoms with Gasteiger partial charge >= 0.3 is 0 Å². The van der Waals surface area contributed by atoms with Gasteiger partial charge in [0.25, 0.3) is 0 Å². The van der Waals surface area contributed by atoms with Crippen LogP contribution in [0.3, 0.4) is 0 Å². The summed E-state index contributed by atoms with van der Waals surface area (Å²) in [6.45, 7) is 14.6. The Balaban J connectivity index is 1.99. The predicted octanol–water partition coefficient (Wildman–Crippen LogP) is 3.90. The van der Waals surface area contributed by atoms with Crippen molar-refractivity contribution in [2.75, 3.05) is 13.1 Å². The summed E-state index contributed by atoms with van der Waals surface area (Å²) in [6.07, 6.45) is 6.55. The zero-order valence-electron chi connectivity index (χ0n) is 14.4. The van der Waals surface area contributed by atoms with Gasteiger partial charge in [0.15, 0.2) is 0 Å². The zero-order valence-corrected chi connectivity index (χ0v) is 14.4. The van der Waals surface area contributed by atoms with Crippen LogP contribution in [-0.4, -0.2) is 30.1 Å². The van der Waals surface area contributed by atoms with E-state index in [4.69, 9.17) is 5.73 Å². The number of likely N-dealkylation sites (tertiary alicyclic amines) is 1. The summed E-state index contributed by atoms with van der Waals surface area (Å²) in [7, 11) is 0. The van der Waals surface area contributed by atoms with Gasteiger partial charge in [-0.2, -0.15) is 0 Å². The molecule has 2 fully saturated rings. The summed E-state index contributed by atoms with van der Waals surface area (Å²) in [6, 6.07) is 1.05. The highest BCUT2D eigenvalue weighted by Gasteiger charge is 2.40. The Bertz CT molecular complexity index is 311. The van der Waals surface area contributed by atoms with Crippen molar-refractivity contribution in [3.63, 3.8) is 0 Å². The van der Waals surface area contributed by atoms with Gasteiger partial charge in [0.1, 0.15) is 0 Å². The summed E-state index contributed by atoms with van der Waals surface area (Å²) in [5.74, 6) is 2.57. The molecule has 0 aromatic carbocycles. The SMILES string of the molecule is CCC(C)(C)C1CCC(N)C(N2CCC(C(C)C)C2)C1. The number of nitrogens with zero attached hydrogens (tertiary/aromatic N) is 1. The number of hydrogen-bond donors (Lipinski definition) is 1. The Morgan fingerprint density at radius 3 is 2.45 bits per heavy atom.